The molecule has 1 aliphatic rings. The Morgan fingerprint density at radius 2 is 1.70 bits per heavy atom. The first-order valence-electron chi connectivity index (χ1n) is 11.1. The molecular formula is C25H29N3O5. The van der Waals surface area contributed by atoms with E-state index in [-0.39, 0.29) is 5.92 Å². The van der Waals surface area contributed by atoms with Gasteiger partial charge >= 0.3 is 6.03 Å². The fraction of sp³-hybridized carbons (Fsp3) is 0.360. The average molecular weight is 452 g/mol. The van der Waals surface area contributed by atoms with Gasteiger partial charge in [-0.05, 0) is 68.3 Å². The number of urea groups is 1. The molecule has 0 radical (unpaired) electrons. The molecular weight excluding hydrogens is 422 g/mol. The van der Waals surface area contributed by atoms with Crippen LogP contribution in [0.2, 0.25) is 0 Å². The lowest BCUT2D eigenvalue weighted by atomic mass is 9.97. The molecule has 1 fully saturated rings. The van der Waals surface area contributed by atoms with Crippen molar-refractivity contribution < 1.29 is 23.9 Å². The van der Waals surface area contributed by atoms with Gasteiger partial charge in [0.1, 0.15) is 17.2 Å². The number of aromatic nitrogens is 1. The fourth-order valence-corrected chi connectivity index (χ4v) is 4.04. The van der Waals surface area contributed by atoms with Crippen LogP contribution < -0.4 is 9.47 Å². The summed E-state index contributed by atoms with van der Waals surface area (Å²) in [5.74, 6) is 3.03. The molecule has 1 aliphatic heterocycles. The van der Waals surface area contributed by atoms with Gasteiger partial charge in [-0.25, -0.2) is 14.8 Å². The first-order chi connectivity index (χ1) is 16.0. The van der Waals surface area contributed by atoms with Crippen molar-refractivity contribution in [2.75, 3.05) is 33.9 Å². The lowest BCUT2D eigenvalue weighted by Gasteiger charge is -2.31. The van der Waals surface area contributed by atoms with E-state index in [2.05, 4.69) is 0 Å². The van der Waals surface area contributed by atoms with Crippen molar-refractivity contribution in [2.45, 2.75) is 25.7 Å². The number of nitrogens with zero attached hydrogens (tertiary/aromatic N) is 3. The standard InChI is InChI=1S/C25H29N3O5/c1-4-32-21-11-5-17(6-12-21)22-23(18-7-9-20(31-3)10-8-18)33-24(26-22)19-13-15-28(16-14-19)25(29)27(2)30/h5-12,19,30H,4,13-16H2,1-3H3. The second-order valence-electron chi connectivity index (χ2n) is 7.98. The Morgan fingerprint density at radius 3 is 2.27 bits per heavy atom. The number of benzene rings is 2. The van der Waals surface area contributed by atoms with E-state index in [9.17, 15) is 10.0 Å². The van der Waals surface area contributed by atoms with Crippen molar-refractivity contribution in [2.24, 2.45) is 0 Å². The molecule has 0 atom stereocenters. The number of oxazole rings is 1. The number of hydrogen-bond donors (Lipinski definition) is 1. The van der Waals surface area contributed by atoms with E-state index >= 15 is 0 Å². The second kappa shape index (κ2) is 9.95. The number of rotatable bonds is 6. The first-order valence-corrected chi connectivity index (χ1v) is 11.1. The van der Waals surface area contributed by atoms with Gasteiger partial charge in [0.05, 0.1) is 13.7 Å². The zero-order valence-corrected chi connectivity index (χ0v) is 19.2. The molecule has 2 aromatic carbocycles. The monoisotopic (exact) mass is 451 g/mol. The van der Waals surface area contributed by atoms with Gasteiger partial charge in [0, 0.05) is 37.2 Å². The molecule has 4 rings (SSSR count). The highest BCUT2D eigenvalue weighted by molar-refractivity contribution is 5.77. The average Bonchev–Trinajstić information content (AvgIpc) is 3.30. The van der Waals surface area contributed by atoms with Gasteiger partial charge in [-0.15, -0.1) is 0 Å². The van der Waals surface area contributed by atoms with Crippen molar-refractivity contribution >= 4 is 6.03 Å². The Labute approximate surface area is 193 Å². The van der Waals surface area contributed by atoms with Crippen molar-refractivity contribution in [1.29, 1.82) is 0 Å². The van der Waals surface area contributed by atoms with Gasteiger partial charge in [0.2, 0.25) is 0 Å². The molecule has 33 heavy (non-hydrogen) atoms. The summed E-state index contributed by atoms with van der Waals surface area (Å²) in [7, 11) is 2.98. The highest BCUT2D eigenvalue weighted by Crippen LogP contribution is 2.38. The molecule has 8 heteroatoms. The maximum absolute atomic E-state index is 12.0. The maximum Gasteiger partial charge on any atom is 0.343 e. The van der Waals surface area contributed by atoms with Gasteiger partial charge < -0.3 is 18.8 Å². The molecule has 8 nitrogen and oxygen atoms in total. The number of carbonyl (C=O) groups is 1. The summed E-state index contributed by atoms with van der Waals surface area (Å²) in [5.41, 5.74) is 2.62. The van der Waals surface area contributed by atoms with Gasteiger partial charge in [-0.2, -0.15) is 0 Å². The van der Waals surface area contributed by atoms with Crippen LogP contribution in [-0.4, -0.2) is 60.0 Å². The van der Waals surface area contributed by atoms with Crippen LogP contribution in [0.25, 0.3) is 22.6 Å². The molecule has 0 unspecified atom stereocenters. The van der Waals surface area contributed by atoms with Crippen molar-refractivity contribution in [3.8, 4) is 34.1 Å². The first kappa shape index (κ1) is 22.7. The van der Waals surface area contributed by atoms with Gasteiger partial charge in [0.25, 0.3) is 0 Å². The molecule has 1 aromatic heterocycles. The van der Waals surface area contributed by atoms with Crippen LogP contribution in [0.5, 0.6) is 11.5 Å². The molecule has 0 aliphatic carbocycles. The SMILES string of the molecule is CCOc1ccc(-c2nc(C3CCN(C(=O)N(C)O)CC3)oc2-c2ccc(OC)cc2)cc1. The van der Waals surface area contributed by atoms with Crippen LogP contribution in [0, 0.1) is 0 Å². The molecule has 0 saturated carbocycles. The van der Waals surface area contributed by atoms with E-state index in [1.807, 2.05) is 55.5 Å². The summed E-state index contributed by atoms with van der Waals surface area (Å²) in [6.45, 7) is 3.63. The van der Waals surface area contributed by atoms with Crippen molar-refractivity contribution in [1.82, 2.24) is 14.9 Å². The Balaban J connectivity index is 1.64. The summed E-state index contributed by atoms with van der Waals surface area (Å²) in [4.78, 5) is 18.6. The van der Waals surface area contributed by atoms with Crippen LogP contribution >= 0.6 is 0 Å². The molecule has 3 aromatic rings. The zero-order valence-electron chi connectivity index (χ0n) is 19.2. The highest BCUT2D eigenvalue weighted by atomic mass is 16.5. The molecule has 2 heterocycles. The number of carbonyl (C=O) groups excluding carboxylic acids is 1. The number of methoxy groups -OCH3 is 1. The van der Waals surface area contributed by atoms with Crippen LogP contribution in [-0.2, 0) is 0 Å². The van der Waals surface area contributed by atoms with Crippen LogP contribution in [0.3, 0.4) is 0 Å². The maximum atomic E-state index is 12.0. The van der Waals surface area contributed by atoms with Gasteiger partial charge in [0.15, 0.2) is 11.7 Å². The summed E-state index contributed by atoms with van der Waals surface area (Å²) in [6, 6.07) is 15.1. The molecule has 1 saturated heterocycles. The minimum absolute atomic E-state index is 0.0893. The van der Waals surface area contributed by atoms with Crippen LogP contribution in [0.15, 0.2) is 52.9 Å². The highest BCUT2D eigenvalue weighted by Gasteiger charge is 2.29. The third-order valence-electron chi connectivity index (χ3n) is 5.83. The summed E-state index contributed by atoms with van der Waals surface area (Å²) in [5, 5.41) is 10.1. The smallest absolute Gasteiger partial charge is 0.343 e. The zero-order chi connectivity index (χ0) is 23.4. The number of ether oxygens (including phenoxy) is 2. The van der Waals surface area contributed by atoms with E-state index in [1.54, 1.807) is 12.0 Å². The fourth-order valence-electron chi connectivity index (χ4n) is 4.04. The lowest BCUT2D eigenvalue weighted by Crippen LogP contribution is -2.43. The largest absolute Gasteiger partial charge is 0.497 e. The predicted molar refractivity (Wildman–Crippen MR) is 124 cm³/mol. The summed E-state index contributed by atoms with van der Waals surface area (Å²) >= 11 is 0. The Bertz CT molecular complexity index is 1070. The van der Waals surface area contributed by atoms with E-state index in [4.69, 9.17) is 18.9 Å². The van der Waals surface area contributed by atoms with Gasteiger partial charge in [-0.1, -0.05) is 0 Å². The molecule has 0 bridgehead atoms. The molecule has 2 amide bonds. The van der Waals surface area contributed by atoms with Crippen LogP contribution in [0.1, 0.15) is 31.6 Å². The molecule has 1 N–H and O–H groups in total. The summed E-state index contributed by atoms with van der Waals surface area (Å²) in [6.07, 6.45) is 1.43. The van der Waals surface area contributed by atoms with E-state index < -0.39 is 6.03 Å². The van der Waals surface area contributed by atoms with E-state index in [1.165, 1.54) is 7.05 Å². The van der Waals surface area contributed by atoms with Crippen molar-refractivity contribution in [3.63, 3.8) is 0 Å². The quantitative estimate of drug-likeness (QED) is 0.417. The number of hydroxylamine groups is 2. The normalized spacial score (nSPS) is 14.2. The van der Waals surface area contributed by atoms with Crippen molar-refractivity contribution in [3.05, 3.63) is 54.4 Å². The predicted octanol–water partition coefficient (Wildman–Crippen LogP) is 5.04. The third-order valence-corrected chi connectivity index (χ3v) is 5.83. The Morgan fingerprint density at radius 1 is 1.09 bits per heavy atom. The lowest BCUT2D eigenvalue weighted by molar-refractivity contribution is -0.0358. The topological polar surface area (TPSA) is 88.3 Å². The van der Waals surface area contributed by atoms with Crippen LogP contribution in [0.4, 0.5) is 4.79 Å². The minimum atomic E-state index is -0.394. The number of piperidine rings is 1. The van der Waals surface area contributed by atoms with E-state index in [0.29, 0.717) is 49.3 Å². The Kier molecular flexibility index (Phi) is 6.84. The number of amides is 2. The minimum Gasteiger partial charge on any atom is -0.497 e. The second-order valence-corrected chi connectivity index (χ2v) is 7.98. The van der Waals surface area contributed by atoms with Gasteiger partial charge in [-0.3, -0.25) is 5.21 Å². The Hall–Kier alpha value is -3.52. The molecule has 174 valence electrons. The summed E-state index contributed by atoms with van der Waals surface area (Å²) < 4.78 is 17.2. The third kappa shape index (κ3) is 4.96. The number of hydrogen-bond acceptors (Lipinski definition) is 6. The number of likely N-dealkylation sites (tertiary alicyclic amines) is 1. The van der Waals surface area contributed by atoms with E-state index in [0.717, 1.165) is 28.3 Å². The molecule has 0 spiro atoms.